The van der Waals surface area contributed by atoms with Crippen molar-refractivity contribution in [3.8, 4) is 0 Å². The predicted molar refractivity (Wildman–Crippen MR) is 108 cm³/mol. The Hall–Kier alpha value is -3.48. The molecular weight excluding hydrogens is 352 g/mol. The molecule has 0 atom stereocenters. The van der Waals surface area contributed by atoms with Gasteiger partial charge in [0.2, 0.25) is 5.91 Å². The third kappa shape index (κ3) is 3.51. The molecule has 2 aromatic carbocycles. The zero-order chi connectivity index (χ0) is 19.7. The Bertz CT molecular complexity index is 1140. The summed E-state index contributed by atoms with van der Waals surface area (Å²) < 4.78 is 3.52. The minimum Gasteiger partial charge on any atom is -0.321 e. The highest BCUT2D eigenvalue weighted by atomic mass is 16.2. The maximum absolute atomic E-state index is 12.6. The summed E-state index contributed by atoms with van der Waals surface area (Å²) in [5.74, 6) is -0.156. The standard InChI is InChI=1S/C21H22N6O/c1-14-8-10-17(11-9-14)12-26-16(3)21(15(2)24-26)22-20(28)13-27-19-7-5-4-6-18(19)23-25-27/h4-11H,12-13H2,1-3H3,(H,22,28). The molecule has 4 rings (SSSR count). The summed E-state index contributed by atoms with van der Waals surface area (Å²) in [6.45, 7) is 6.70. The van der Waals surface area contributed by atoms with Gasteiger partial charge in [0.25, 0.3) is 0 Å². The van der Waals surface area contributed by atoms with Crippen molar-refractivity contribution in [3.63, 3.8) is 0 Å². The van der Waals surface area contributed by atoms with Gasteiger partial charge in [0.05, 0.1) is 29.1 Å². The Kier molecular flexibility index (Phi) is 4.65. The van der Waals surface area contributed by atoms with Gasteiger partial charge in [-0.1, -0.05) is 47.2 Å². The van der Waals surface area contributed by atoms with Crippen molar-refractivity contribution < 1.29 is 4.79 Å². The largest absolute Gasteiger partial charge is 0.321 e. The number of aryl methyl sites for hydroxylation is 2. The highest BCUT2D eigenvalue weighted by Crippen LogP contribution is 2.21. The van der Waals surface area contributed by atoms with Gasteiger partial charge in [0.15, 0.2) is 0 Å². The van der Waals surface area contributed by atoms with Gasteiger partial charge in [-0.05, 0) is 38.5 Å². The van der Waals surface area contributed by atoms with Gasteiger partial charge in [-0.25, -0.2) is 4.68 Å². The molecule has 2 heterocycles. The molecule has 1 amide bonds. The van der Waals surface area contributed by atoms with Crippen LogP contribution in [0.25, 0.3) is 11.0 Å². The van der Waals surface area contributed by atoms with Gasteiger partial charge in [-0.15, -0.1) is 5.10 Å². The Balaban J connectivity index is 1.50. The molecule has 0 saturated carbocycles. The maximum Gasteiger partial charge on any atom is 0.246 e. The molecule has 0 radical (unpaired) electrons. The lowest BCUT2D eigenvalue weighted by Gasteiger charge is -2.08. The average Bonchev–Trinajstić information content (AvgIpc) is 3.20. The summed E-state index contributed by atoms with van der Waals surface area (Å²) in [6.07, 6.45) is 0. The monoisotopic (exact) mass is 374 g/mol. The second kappa shape index (κ2) is 7.26. The quantitative estimate of drug-likeness (QED) is 0.582. The van der Waals surface area contributed by atoms with E-state index in [-0.39, 0.29) is 12.5 Å². The number of rotatable bonds is 5. The fourth-order valence-electron chi connectivity index (χ4n) is 3.25. The number of carbonyl (C=O) groups is 1. The van der Waals surface area contributed by atoms with Crippen molar-refractivity contribution in [1.29, 1.82) is 0 Å². The summed E-state index contributed by atoms with van der Waals surface area (Å²) in [7, 11) is 0. The molecule has 0 spiro atoms. The Morgan fingerprint density at radius 3 is 2.54 bits per heavy atom. The number of para-hydroxylation sites is 1. The van der Waals surface area contributed by atoms with Crippen LogP contribution >= 0.6 is 0 Å². The number of anilines is 1. The van der Waals surface area contributed by atoms with Gasteiger partial charge >= 0.3 is 0 Å². The van der Waals surface area contributed by atoms with Gasteiger partial charge in [-0.2, -0.15) is 5.10 Å². The van der Waals surface area contributed by atoms with E-state index in [9.17, 15) is 4.79 Å². The van der Waals surface area contributed by atoms with E-state index in [4.69, 9.17) is 0 Å². The van der Waals surface area contributed by atoms with Crippen molar-refractivity contribution in [2.24, 2.45) is 0 Å². The van der Waals surface area contributed by atoms with E-state index in [1.54, 1.807) is 4.68 Å². The van der Waals surface area contributed by atoms with Crippen LogP contribution in [0.3, 0.4) is 0 Å². The predicted octanol–water partition coefficient (Wildman–Crippen LogP) is 3.24. The van der Waals surface area contributed by atoms with Crippen molar-refractivity contribution in [2.45, 2.75) is 33.9 Å². The molecule has 0 aliphatic rings. The van der Waals surface area contributed by atoms with Gasteiger partial charge in [0, 0.05) is 0 Å². The molecule has 28 heavy (non-hydrogen) atoms. The van der Waals surface area contributed by atoms with Crippen molar-refractivity contribution in [3.05, 3.63) is 71.0 Å². The first-order chi connectivity index (χ1) is 13.5. The first-order valence-electron chi connectivity index (χ1n) is 9.19. The van der Waals surface area contributed by atoms with Crippen LogP contribution < -0.4 is 5.32 Å². The molecular formula is C21H22N6O. The minimum atomic E-state index is -0.156. The molecule has 7 heteroatoms. The van der Waals surface area contributed by atoms with E-state index in [2.05, 4.69) is 51.9 Å². The third-order valence-corrected chi connectivity index (χ3v) is 4.81. The average molecular weight is 374 g/mol. The molecule has 4 aromatic rings. The number of hydrogen-bond acceptors (Lipinski definition) is 4. The lowest BCUT2D eigenvalue weighted by atomic mass is 10.1. The molecule has 0 aliphatic heterocycles. The number of carbonyl (C=O) groups excluding carboxylic acids is 1. The highest BCUT2D eigenvalue weighted by Gasteiger charge is 2.16. The Morgan fingerprint density at radius 1 is 1.00 bits per heavy atom. The molecule has 0 saturated heterocycles. The molecule has 7 nitrogen and oxygen atoms in total. The lowest BCUT2D eigenvalue weighted by Crippen LogP contribution is -2.20. The first kappa shape index (κ1) is 17.9. The van der Waals surface area contributed by atoms with Crippen molar-refractivity contribution in [1.82, 2.24) is 24.8 Å². The lowest BCUT2D eigenvalue weighted by molar-refractivity contribution is -0.116. The Morgan fingerprint density at radius 2 is 1.75 bits per heavy atom. The molecule has 142 valence electrons. The van der Waals surface area contributed by atoms with Crippen LogP contribution in [0.15, 0.2) is 48.5 Å². The second-order valence-electron chi connectivity index (χ2n) is 6.97. The van der Waals surface area contributed by atoms with Crippen LogP contribution in [0.4, 0.5) is 5.69 Å². The van der Waals surface area contributed by atoms with E-state index < -0.39 is 0 Å². The maximum atomic E-state index is 12.6. The van der Waals surface area contributed by atoms with Crippen LogP contribution in [0, 0.1) is 20.8 Å². The zero-order valence-corrected chi connectivity index (χ0v) is 16.2. The van der Waals surface area contributed by atoms with Crippen LogP contribution in [0.5, 0.6) is 0 Å². The first-order valence-corrected chi connectivity index (χ1v) is 9.19. The normalized spacial score (nSPS) is 11.1. The van der Waals surface area contributed by atoms with E-state index >= 15 is 0 Å². The van der Waals surface area contributed by atoms with E-state index in [0.29, 0.717) is 6.54 Å². The summed E-state index contributed by atoms with van der Waals surface area (Å²) in [4.78, 5) is 12.6. The number of amides is 1. The minimum absolute atomic E-state index is 0.0997. The van der Waals surface area contributed by atoms with Gasteiger partial charge in [0.1, 0.15) is 12.1 Å². The third-order valence-electron chi connectivity index (χ3n) is 4.81. The van der Waals surface area contributed by atoms with E-state index in [1.807, 2.05) is 42.8 Å². The molecule has 2 aromatic heterocycles. The van der Waals surface area contributed by atoms with Crippen molar-refractivity contribution in [2.75, 3.05) is 5.32 Å². The fraction of sp³-hybridized carbons (Fsp3) is 0.238. The molecule has 0 bridgehead atoms. The van der Waals surface area contributed by atoms with Crippen LogP contribution in [-0.4, -0.2) is 30.7 Å². The number of hydrogen-bond donors (Lipinski definition) is 1. The summed E-state index contributed by atoms with van der Waals surface area (Å²) in [6, 6.07) is 16.0. The van der Waals surface area contributed by atoms with Crippen molar-refractivity contribution >= 4 is 22.6 Å². The number of nitrogens with zero attached hydrogens (tertiary/aromatic N) is 5. The zero-order valence-electron chi connectivity index (χ0n) is 16.2. The van der Waals surface area contributed by atoms with E-state index in [1.165, 1.54) is 11.1 Å². The second-order valence-corrected chi connectivity index (χ2v) is 6.97. The number of nitrogens with one attached hydrogen (secondary N) is 1. The summed E-state index contributed by atoms with van der Waals surface area (Å²) in [5.41, 5.74) is 6.47. The number of benzene rings is 2. The van der Waals surface area contributed by atoms with E-state index in [0.717, 1.165) is 28.1 Å². The number of aromatic nitrogens is 5. The van der Waals surface area contributed by atoms with Gasteiger partial charge in [-0.3, -0.25) is 9.48 Å². The van der Waals surface area contributed by atoms with Crippen LogP contribution in [-0.2, 0) is 17.9 Å². The highest BCUT2D eigenvalue weighted by molar-refractivity contribution is 5.92. The molecule has 0 unspecified atom stereocenters. The summed E-state index contributed by atoms with van der Waals surface area (Å²) in [5, 5.41) is 15.7. The van der Waals surface area contributed by atoms with Gasteiger partial charge < -0.3 is 5.32 Å². The summed E-state index contributed by atoms with van der Waals surface area (Å²) >= 11 is 0. The topological polar surface area (TPSA) is 77.6 Å². The van der Waals surface area contributed by atoms with Crippen LogP contribution in [0.1, 0.15) is 22.5 Å². The van der Waals surface area contributed by atoms with Crippen LogP contribution in [0.2, 0.25) is 0 Å². The smallest absolute Gasteiger partial charge is 0.246 e. The SMILES string of the molecule is Cc1ccc(Cn2nc(C)c(NC(=O)Cn3nnc4ccccc43)c2C)cc1. The fourth-order valence-corrected chi connectivity index (χ4v) is 3.25. The molecule has 0 aliphatic carbocycles. The molecule has 1 N–H and O–H groups in total. The Labute approximate surface area is 163 Å². The number of fused-ring (bicyclic) bond motifs is 1. The molecule has 0 fully saturated rings.